The molecule has 0 amide bonds. The van der Waals surface area contributed by atoms with E-state index in [0.29, 0.717) is 19.1 Å². The number of hydrogen-bond donors (Lipinski definition) is 2. The van der Waals surface area contributed by atoms with E-state index in [1.807, 2.05) is 6.92 Å². The number of hydrogen-bond acceptors (Lipinski definition) is 4. The van der Waals surface area contributed by atoms with Gasteiger partial charge in [0.05, 0.1) is 6.10 Å². The van der Waals surface area contributed by atoms with Crippen LogP contribution in [-0.4, -0.2) is 60.9 Å². The average molecular weight is 286 g/mol. The number of carbonyl (C=O) groups is 1. The van der Waals surface area contributed by atoms with Crippen LogP contribution in [0.3, 0.4) is 0 Å². The van der Waals surface area contributed by atoms with Crippen molar-refractivity contribution in [2.75, 3.05) is 33.3 Å². The van der Waals surface area contributed by atoms with Crippen LogP contribution in [0.15, 0.2) is 0 Å². The summed E-state index contributed by atoms with van der Waals surface area (Å²) in [6, 6.07) is 0. The normalized spacial score (nSPS) is 23.4. The van der Waals surface area contributed by atoms with Crippen molar-refractivity contribution in [3.8, 4) is 0 Å². The molecule has 5 heteroatoms. The predicted molar refractivity (Wildman–Crippen MR) is 80.0 cm³/mol. The summed E-state index contributed by atoms with van der Waals surface area (Å²) in [5.41, 5.74) is -0.786. The fraction of sp³-hybridized carbons (Fsp3) is 0.933. The Bertz CT molecular complexity index is 299. The summed E-state index contributed by atoms with van der Waals surface area (Å²) in [5.74, 6) is -0.753. The minimum Gasteiger partial charge on any atom is -0.480 e. The fourth-order valence-electron chi connectivity index (χ4n) is 2.88. The van der Waals surface area contributed by atoms with Crippen LogP contribution in [0.5, 0.6) is 0 Å². The highest BCUT2D eigenvalue weighted by atomic mass is 16.5. The number of nitrogens with zero attached hydrogens (tertiary/aromatic N) is 1. The van der Waals surface area contributed by atoms with Gasteiger partial charge in [0.15, 0.2) is 0 Å². The summed E-state index contributed by atoms with van der Waals surface area (Å²) in [7, 11) is 1.78. The molecular formula is C15H30N2O3. The topological polar surface area (TPSA) is 61.8 Å². The fourth-order valence-corrected chi connectivity index (χ4v) is 2.88. The molecule has 2 N–H and O–H groups in total. The molecule has 2 atom stereocenters. The zero-order valence-electron chi connectivity index (χ0n) is 13.2. The standard InChI is InChI=1S/C15H30N2O3/c1-4-16-15(2,14(18)19)9-5-6-10-17-11-7-8-13(12-17)20-3/h13,16H,4-12H2,1-3H3,(H,18,19). The van der Waals surface area contributed by atoms with Gasteiger partial charge in [-0.2, -0.15) is 0 Å². The molecule has 0 bridgehead atoms. The number of aliphatic carboxylic acids is 1. The summed E-state index contributed by atoms with van der Waals surface area (Å²) in [6.07, 6.45) is 5.38. The maximum absolute atomic E-state index is 11.3. The Morgan fingerprint density at radius 3 is 2.85 bits per heavy atom. The summed E-state index contributed by atoms with van der Waals surface area (Å²) >= 11 is 0. The maximum atomic E-state index is 11.3. The highest BCUT2D eigenvalue weighted by Crippen LogP contribution is 2.17. The molecule has 20 heavy (non-hydrogen) atoms. The van der Waals surface area contributed by atoms with Crippen molar-refractivity contribution in [3.05, 3.63) is 0 Å². The summed E-state index contributed by atoms with van der Waals surface area (Å²) < 4.78 is 5.42. The Balaban J connectivity index is 2.24. The maximum Gasteiger partial charge on any atom is 0.323 e. The number of carboxylic acids is 1. The van der Waals surface area contributed by atoms with Gasteiger partial charge in [0, 0.05) is 13.7 Å². The van der Waals surface area contributed by atoms with Gasteiger partial charge >= 0.3 is 5.97 Å². The Morgan fingerprint density at radius 1 is 1.50 bits per heavy atom. The van der Waals surface area contributed by atoms with E-state index in [1.54, 1.807) is 14.0 Å². The van der Waals surface area contributed by atoms with Crippen LogP contribution in [0.2, 0.25) is 0 Å². The predicted octanol–water partition coefficient (Wildman–Crippen LogP) is 1.72. The minimum atomic E-state index is -0.786. The Labute approximate surface area is 122 Å². The lowest BCUT2D eigenvalue weighted by molar-refractivity contribution is -0.144. The molecule has 1 aliphatic heterocycles. The van der Waals surface area contributed by atoms with Crippen molar-refractivity contribution in [3.63, 3.8) is 0 Å². The highest BCUT2D eigenvalue weighted by Gasteiger charge is 2.31. The molecule has 1 saturated heterocycles. The van der Waals surface area contributed by atoms with Crippen LogP contribution in [0.25, 0.3) is 0 Å². The molecule has 0 aromatic carbocycles. The van der Waals surface area contributed by atoms with Crippen LogP contribution < -0.4 is 5.32 Å². The van der Waals surface area contributed by atoms with Crippen LogP contribution >= 0.6 is 0 Å². The highest BCUT2D eigenvalue weighted by molar-refractivity contribution is 5.78. The van der Waals surface area contributed by atoms with E-state index in [9.17, 15) is 9.90 Å². The van der Waals surface area contributed by atoms with Gasteiger partial charge in [-0.3, -0.25) is 4.79 Å². The lowest BCUT2D eigenvalue weighted by atomic mass is 9.94. The van der Waals surface area contributed by atoms with Crippen molar-refractivity contribution in [1.29, 1.82) is 0 Å². The van der Waals surface area contributed by atoms with Crippen molar-refractivity contribution in [2.45, 2.75) is 57.6 Å². The largest absolute Gasteiger partial charge is 0.480 e. The van der Waals surface area contributed by atoms with Gasteiger partial charge in [-0.25, -0.2) is 0 Å². The molecule has 1 heterocycles. The Kier molecular flexibility index (Phi) is 7.48. The molecule has 0 saturated carbocycles. The van der Waals surface area contributed by atoms with E-state index in [4.69, 9.17) is 4.74 Å². The molecule has 1 fully saturated rings. The number of ether oxygens (including phenoxy) is 1. The van der Waals surface area contributed by atoms with Crippen molar-refractivity contribution in [1.82, 2.24) is 10.2 Å². The number of rotatable bonds is 9. The van der Waals surface area contributed by atoms with Gasteiger partial charge in [-0.05, 0) is 58.7 Å². The zero-order chi connectivity index (χ0) is 15.0. The molecular weight excluding hydrogens is 256 g/mol. The number of nitrogens with one attached hydrogen (secondary N) is 1. The molecule has 0 aliphatic carbocycles. The molecule has 2 unspecified atom stereocenters. The van der Waals surface area contributed by atoms with Gasteiger partial charge in [-0.15, -0.1) is 0 Å². The number of carboxylic acid groups (broad SMARTS) is 1. The summed E-state index contributed by atoms with van der Waals surface area (Å²) in [5, 5.41) is 12.4. The first-order valence-electron chi connectivity index (χ1n) is 7.75. The van der Waals surface area contributed by atoms with Crippen LogP contribution in [0.1, 0.15) is 46.0 Å². The third kappa shape index (κ3) is 5.38. The monoisotopic (exact) mass is 286 g/mol. The van der Waals surface area contributed by atoms with Gasteiger partial charge in [0.1, 0.15) is 5.54 Å². The van der Waals surface area contributed by atoms with E-state index in [0.717, 1.165) is 38.9 Å². The third-order valence-corrected chi connectivity index (χ3v) is 4.24. The molecule has 0 radical (unpaired) electrons. The number of likely N-dealkylation sites (tertiary alicyclic amines) is 1. The van der Waals surface area contributed by atoms with E-state index >= 15 is 0 Å². The van der Waals surface area contributed by atoms with E-state index in [-0.39, 0.29) is 0 Å². The first-order valence-corrected chi connectivity index (χ1v) is 7.75. The third-order valence-electron chi connectivity index (χ3n) is 4.24. The average Bonchev–Trinajstić information content (AvgIpc) is 2.44. The molecule has 5 nitrogen and oxygen atoms in total. The van der Waals surface area contributed by atoms with Crippen LogP contribution in [-0.2, 0) is 9.53 Å². The molecule has 118 valence electrons. The van der Waals surface area contributed by atoms with Gasteiger partial charge in [-0.1, -0.05) is 6.92 Å². The summed E-state index contributed by atoms with van der Waals surface area (Å²) in [4.78, 5) is 13.7. The quantitative estimate of drug-likeness (QED) is 0.632. The van der Waals surface area contributed by atoms with Gasteiger partial charge in [0.2, 0.25) is 0 Å². The number of methoxy groups -OCH3 is 1. The van der Waals surface area contributed by atoms with Crippen molar-refractivity contribution < 1.29 is 14.6 Å². The first-order chi connectivity index (χ1) is 9.51. The van der Waals surface area contributed by atoms with Crippen molar-refractivity contribution >= 4 is 5.97 Å². The van der Waals surface area contributed by atoms with Crippen molar-refractivity contribution in [2.24, 2.45) is 0 Å². The molecule has 0 aromatic rings. The second-order valence-corrected chi connectivity index (χ2v) is 5.93. The second-order valence-electron chi connectivity index (χ2n) is 5.93. The van der Waals surface area contributed by atoms with E-state index < -0.39 is 11.5 Å². The summed E-state index contributed by atoms with van der Waals surface area (Å²) in [6.45, 7) is 7.61. The smallest absolute Gasteiger partial charge is 0.323 e. The number of likely N-dealkylation sites (N-methyl/N-ethyl adjacent to an activating group) is 1. The minimum absolute atomic E-state index is 0.370. The molecule has 0 spiro atoms. The van der Waals surface area contributed by atoms with Crippen LogP contribution in [0, 0.1) is 0 Å². The SMILES string of the molecule is CCNC(C)(CCCCN1CCCC(OC)C1)C(=O)O. The lowest BCUT2D eigenvalue weighted by Crippen LogP contribution is -2.49. The molecule has 1 aliphatic rings. The van der Waals surface area contributed by atoms with Gasteiger partial charge < -0.3 is 20.1 Å². The van der Waals surface area contributed by atoms with E-state index in [2.05, 4.69) is 10.2 Å². The number of unbranched alkanes of at least 4 members (excludes halogenated alkanes) is 1. The van der Waals surface area contributed by atoms with E-state index in [1.165, 1.54) is 6.42 Å². The molecule has 1 rings (SSSR count). The Morgan fingerprint density at radius 2 is 2.25 bits per heavy atom. The van der Waals surface area contributed by atoms with Crippen LogP contribution in [0.4, 0.5) is 0 Å². The first kappa shape index (κ1) is 17.4. The van der Waals surface area contributed by atoms with Gasteiger partial charge in [0.25, 0.3) is 0 Å². The Hall–Kier alpha value is -0.650. The zero-order valence-corrected chi connectivity index (χ0v) is 13.2. The lowest BCUT2D eigenvalue weighted by Gasteiger charge is -2.32. The second kappa shape index (κ2) is 8.60. The number of piperidine rings is 1. The molecule has 0 aromatic heterocycles.